The molecule has 0 aliphatic carbocycles. The molecule has 2 aromatic carbocycles. The summed E-state index contributed by atoms with van der Waals surface area (Å²) >= 11 is 6.88. The van der Waals surface area contributed by atoms with Gasteiger partial charge in [-0.3, -0.25) is 18.6 Å². The molecule has 0 spiro atoms. The fraction of sp³-hybridized carbons (Fsp3) is 0.200. The Bertz CT molecular complexity index is 1580. The van der Waals surface area contributed by atoms with Crippen LogP contribution in [0.15, 0.2) is 75.7 Å². The number of aromatic nitrogens is 2. The van der Waals surface area contributed by atoms with Gasteiger partial charge < -0.3 is 10.1 Å². The van der Waals surface area contributed by atoms with Gasteiger partial charge in [0.25, 0.3) is 15.6 Å². The lowest BCUT2D eigenvalue weighted by Crippen LogP contribution is -2.38. The number of rotatable bonds is 9. The SMILES string of the molecule is CCOc1ccc(N(CC(=O)Nc2c(C)n(C)n(-c3ccccc3)c2=O)S(=O)(=O)c2ccc(Cl)s2)cc1. The summed E-state index contributed by atoms with van der Waals surface area (Å²) in [6.45, 7) is 3.43. The third-order valence-electron chi connectivity index (χ3n) is 5.63. The highest BCUT2D eigenvalue weighted by molar-refractivity contribution is 7.94. The molecule has 0 saturated heterocycles. The normalized spacial score (nSPS) is 11.4. The lowest BCUT2D eigenvalue weighted by Gasteiger charge is -2.23. The van der Waals surface area contributed by atoms with Gasteiger partial charge in [-0.05, 0) is 62.4 Å². The van der Waals surface area contributed by atoms with Crippen LogP contribution in [-0.2, 0) is 21.9 Å². The zero-order chi connectivity index (χ0) is 26.7. The minimum absolute atomic E-state index is 0.0125. The van der Waals surface area contributed by atoms with Gasteiger partial charge >= 0.3 is 0 Å². The molecule has 194 valence electrons. The fourth-order valence-corrected chi connectivity index (χ4v) is 6.78. The van der Waals surface area contributed by atoms with Crippen LogP contribution >= 0.6 is 22.9 Å². The molecular formula is C25H25ClN4O5S2. The molecule has 9 nitrogen and oxygen atoms in total. The second-order valence-corrected chi connectivity index (χ2v) is 11.8. The lowest BCUT2D eigenvalue weighted by molar-refractivity contribution is -0.114. The summed E-state index contributed by atoms with van der Waals surface area (Å²) in [6.07, 6.45) is 0. The number of nitrogens with zero attached hydrogens (tertiary/aromatic N) is 3. The maximum absolute atomic E-state index is 13.5. The van der Waals surface area contributed by atoms with Crippen LogP contribution < -0.4 is 19.9 Å². The Morgan fingerprint density at radius 1 is 1.08 bits per heavy atom. The predicted molar refractivity (Wildman–Crippen MR) is 146 cm³/mol. The molecule has 1 amide bonds. The van der Waals surface area contributed by atoms with E-state index in [0.29, 0.717) is 28.1 Å². The first-order valence-corrected chi connectivity index (χ1v) is 13.9. The first-order valence-electron chi connectivity index (χ1n) is 11.3. The van der Waals surface area contributed by atoms with Crippen molar-refractivity contribution in [1.29, 1.82) is 0 Å². The van der Waals surface area contributed by atoms with E-state index in [-0.39, 0.29) is 15.6 Å². The molecule has 0 atom stereocenters. The molecule has 4 rings (SSSR count). The molecule has 2 heterocycles. The number of benzene rings is 2. The highest BCUT2D eigenvalue weighted by Crippen LogP contribution is 2.31. The standard InChI is InChI=1S/C25H25ClN4O5S2/c1-4-35-20-12-10-18(11-13-20)29(37(33,34)23-15-14-21(26)36-23)16-22(31)27-24-17(2)28(3)30(25(24)32)19-8-6-5-7-9-19/h5-15H,4,16H2,1-3H3,(H,27,31). The van der Waals surface area contributed by atoms with Crippen molar-refractivity contribution in [1.82, 2.24) is 9.36 Å². The van der Waals surface area contributed by atoms with E-state index in [1.165, 1.54) is 16.8 Å². The number of para-hydroxylation sites is 1. The predicted octanol–water partition coefficient (Wildman–Crippen LogP) is 4.43. The van der Waals surface area contributed by atoms with Crippen LogP contribution in [0.5, 0.6) is 5.75 Å². The molecule has 0 aliphatic rings. The van der Waals surface area contributed by atoms with Crippen LogP contribution in [0, 0.1) is 6.92 Å². The minimum atomic E-state index is -4.13. The molecule has 0 radical (unpaired) electrons. The highest BCUT2D eigenvalue weighted by Gasteiger charge is 2.29. The number of nitrogens with one attached hydrogen (secondary N) is 1. The second kappa shape index (κ2) is 10.8. The maximum atomic E-state index is 13.5. The van der Waals surface area contributed by atoms with Crippen LogP contribution in [0.4, 0.5) is 11.4 Å². The van der Waals surface area contributed by atoms with Crippen LogP contribution in [0.3, 0.4) is 0 Å². The molecule has 0 aliphatic heterocycles. The third-order valence-corrected chi connectivity index (χ3v) is 9.11. The average Bonchev–Trinajstić information content (AvgIpc) is 3.41. The molecule has 4 aromatic rings. The number of sulfonamides is 1. The van der Waals surface area contributed by atoms with Gasteiger partial charge in [0.1, 0.15) is 22.2 Å². The zero-order valence-electron chi connectivity index (χ0n) is 20.3. The summed E-state index contributed by atoms with van der Waals surface area (Å²) in [5.41, 5.74) is 1.05. The number of carbonyl (C=O) groups excluding carboxylic acids is 1. The van der Waals surface area contributed by atoms with Crippen molar-refractivity contribution in [3.63, 3.8) is 0 Å². The van der Waals surface area contributed by atoms with Gasteiger partial charge in [0.2, 0.25) is 5.91 Å². The number of thiophene rings is 1. The monoisotopic (exact) mass is 560 g/mol. The number of halogens is 1. The highest BCUT2D eigenvalue weighted by atomic mass is 35.5. The van der Waals surface area contributed by atoms with Crippen LogP contribution in [0.2, 0.25) is 4.34 Å². The van der Waals surface area contributed by atoms with Gasteiger partial charge in [0, 0.05) is 7.05 Å². The van der Waals surface area contributed by atoms with Crippen molar-refractivity contribution in [3.8, 4) is 11.4 Å². The average molecular weight is 561 g/mol. The summed E-state index contributed by atoms with van der Waals surface area (Å²) < 4.78 is 36.8. The van der Waals surface area contributed by atoms with Crippen molar-refractivity contribution < 1.29 is 17.9 Å². The topological polar surface area (TPSA) is 103 Å². The second-order valence-electron chi connectivity index (χ2n) is 7.98. The summed E-state index contributed by atoms with van der Waals surface area (Å²) in [5.74, 6) is -0.111. The molecule has 0 fully saturated rings. The van der Waals surface area contributed by atoms with E-state index in [0.717, 1.165) is 15.6 Å². The van der Waals surface area contributed by atoms with E-state index >= 15 is 0 Å². The number of amides is 1. The number of ether oxygens (including phenoxy) is 1. The van der Waals surface area contributed by atoms with E-state index < -0.39 is 28.0 Å². The number of hydrogen-bond acceptors (Lipinski definition) is 6. The number of carbonyl (C=O) groups is 1. The molecule has 0 unspecified atom stereocenters. The van der Waals surface area contributed by atoms with Gasteiger partial charge in [0.05, 0.1) is 28.0 Å². The molecule has 0 bridgehead atoms. The van der Waals surface area contributed by atoms with Gasteiger partial charge in [0.15, 0.2) is 0 Å². The fourth-order valence-electron chi connectivity index (χ4n) is 3.76. The third kappa shape index (κ3) is 5.43. The van der Waals surface area contributed by atoms with E-state index in [2.05, 4.69) is 5.32 Å². The zero-order valence-corrected chi connectivity index (χ0v) is 22.7. The van der Waals surface area contributed by atoms with Crippen molar-refractivity contribution in [2.24, 2.45) is 7.05 Å². The van der Waals surface area contributed by atoms with Gasteiger partial charge in [-0.15, -0.1) is 11.3 Å². The molecule has 2 aromatic heterocycles. The van der Waals surface area contributed by atoms with E-state index in [1.807, 2.05) is 13.0 Å². The molecular weight excluding hydrogens is 536 g/mol. The quantitative estimate of drug-likeness (QED) is 0.326. The van der Waals surface area contributed by atoms with Gasteiger partial charge in [-0.2, -0.15) is 0 Å². The summed E-state index contributed by atoms with van der Waals surface area (Å²) in [5, 5.41) is 2.62. The Morgan fingerprint density at radius 2 is 1.76 bits per heavy atom. The van der Waals surface area contributed by atoms with Crippen molar-refractivity contribution >= 4 is 50.2 Å². The Morgan fingerprint density at radius 3 is 2.35 bits per heavy atom. The van der Waals surface area contributed by atoms with Crippen LogP contribution in [-0.4, -0.2) is 36.8 Å². The summed E-state index contributed by atoms with van der Waals surface area (Å²) in [6, 6.07) is 18.2. The molecule has 37 heavy (non-hydrogen) atoms. The Kier molecular flexibility index (Phi) is 7.76. The lowest BCUT2D eigenvalue weighted by atomic mass is 10.3. The number of hydrogen-bond donors (Lipinski definition) is 1. The van der Waals surface area contributed by atoms with E-state index in [4.69, 9.17) is 16.3 Å². The summed E-state index contributed by atoms with van der Waals surface area (Å²) in [7, 11) is -2.43. The molecule has 1 N–H and O–H groups in total. The van der Waals surface area contributed by atoms with Gasteiger partial charge in [-0.1, -0.05) is 29.8 Å². The smallest absolute Gasteiger partial charge is 0.295 e. The molecule has 0 saturated carbocycles. The van der Waals surface area contributed by atoms with Crippen LogP contribution in [0.25, 0.3) is 5.69 Å². The maximum Gasteiger partial charge on any atom is 0.295 e. The first-order chi connectivity index (χ1) is 17.6. The Hall–Kier alpha value is -3.54. The Balaban J connectivity index is 1.67. The Labute approximate surface area is 223 Å². The number of anilines is 2. The van der Waals surface area contributed by atoms with Gasteiger partial charge in [-0.25, -0.2) is 13.1 Å². The first kappa shape index (κ1) is 26.5. The van der Waals surface area contributed by atoms with Crippen molar-refractivity contribution in [2.45, 2.75) is 18.1 Å². The molecule has 12 heteroatoms. The largest absolute Gasteiger partial charge is 0.494 e. The van der Waals surface area contributed by atoms with Crippen molar-refractivity contribution in [2.75, 3.05) is 22.8 Å². The van der Waals surface area contributed by atoms with E-state index in [9.17, 15) is 18.0 Å². The van der Waals surface area contributed by atoms with Crippen molar-refractivity contribution in [3.05, 3.63) is 87.1 Å². The van der Waals surface area contributed by atoms with Crippen LogP contribution in [0.1, 0.15) is 12.6 Å². The summed E-state index contributed by atoms with van der Waals surface area (Å²) in [4.78, 5) is 26.4. The van der Waals surface area contributed by atoms with E-state index in [1.54, 1.807) is 67.2 Å². The minimum Gasteiger partial charge on any atom is -0.494 e.